The summed E-state index contributed by atoms with van der Waals surface area (Å²) in [5.74, 6) is -1.17. The van der Waals surface area contributed by atoms with E-state index in [1.807, 2.05) is 48.5 Å². The maximum absolute atomic E-state index is 13.4. The Morgan fingerprint density at radius 1 is 0.923 bits per heavy atom. The van der Waals surface area contributed by atoms with Crippen LogP contribution >= 0.6 is 34.7 Å². The molecule has 0 bridgehead atoms. The summed E-state index contributed by atoms with van der Waals surface area (Å²) in [5.41, 5.74) is 2.31. The predicted octanol–water partition coefficient (Wildman–Crippen LogP) is 6.17. The van der Waals surface area contributed by atoms with Gasteiger partial charge < -0.3 is 0 Å². The van der Waals surface area contributed by atoms with E-state index in [2.05, 4.69) is 4.98 Å². The highest BCUT2D eigenvalue weighted by atomic mass is 35.5. The molecule has 1 fully saturated rings. The molecule has 2 aliphatic heterocycles. The van der Waals surface area contributed by atoms with E-state index in [-0.39, 0.29) is 19.1 Å². The fourth-order valence-corrected chi connectivity index (χ4v) is 6.35. The van der Waals surface area contributed by atoms with Crippen LogP contribution in [0.2, 0.25) is 5.02 Å². The van der Waals surface area contributed by atoms with Crippen molar-refractivity contribution in [3.63, 3.8) is 0 Å². The van der Waals surface area contributed by atoms with Gasteiger partial charge in [-0.25, -0.2) is 4.98 Å². The van der Waals surface area contributed by atoms with Crippen LogP contribution in [0.1, 0.15) is 32.7 Å². The minimum Gasteiger partial charge on any atom is -0.286 e. The molecule has 4 aromatic rings. The van der Waals surface area contributed by atoms with Gasteiger partial charge in [0.15, 0.2) is 5.17 Å². The Morgan fingerprint density at radius 3 is 2.38 bits per heavy atom. The second kappa shape index (κ2) is 10.7. The normalized spacial score (nSPS) is 17.3. The van der Waals surface area contributed by atoms with Crippen molar-refractivity contribution in [1.29, 1.82) is 0 Å². The Kier molecular flexibility index (Phi) is 7.01. The smallest absolute Gasteiger partial charge is 0.285 e. The van der Waals surface area contributed by atoms with Gasteiger partial charge in [0.2, 0.25) is 5.13 Å². The monoisotopic (exact) mass is 574 g/mol. The number of hydrogen-bond donors (Lipinski definition) is 0. The van der Waals surface area contributed by atoms with Crippen molar-refractivity contribution in [3.05, 3.63) is 99.4 Å². The summed E-state index contributed by atoms with van der Waals surface area (Å²) in [4.78, 5) is 55.4. The average molecular weight is 575 g/mol. The van der Waals surface area contributed by atoms with Gasteiger partial charge in [0.05, 0.1) is 32.9 Å². The molecule has 11 heteroatoms. The van der Waals surface area contributed by atoms with Crippen molar-refractivity contribution in [1.82, 2.24) is 14.9 Å². The first-order valence-electron chi connectivity index (χ1n) is 12.0. The third kappa shape index (κ3) is 5.11. The number of hydrogen-bond acceptors (Lipinski definition) is 8. The van der Waals surface area contributed by atoms with Crippen LogP contribution in [-0.2, 0) is 9.63 Å². The predicted molar refractivity (Wildman–Crippen MR) is 153 cm³/mol. The second-order valence-corrected chi connectivity index (χ2v) is 11.1. The number of hydroxylamine groups is 2. The summed E-state index contributed by atoms with van der Waals surface area (Å²) in [5, 5.41) is 2.40. The first-order chi connectivity index (χ1) is 19.0. The molecule has 2 aliphatic rings. The van der Waals surface area contributed by atoms with E-state index < -0.39 is 11.8 Å². The number of amidine groups is 1. The number of halogens is 1. The Hall–Kier alpha value is -3.83. The van der Waals surface area contributed by atoms with Gasteiger partial charge in [-0.2, -0.15) is 4.99 Å². The highest BCUT2D eigenvalue weighted by Gasteiger charge is 2.37. The third-order valence-corrected chi connectivity index (χ3v) is 8.17. The largest absolute Gasteiger partial charge is 0.286 e. The molecule has 0 saturated carbocycles. The van der Waals surface area contributed by atoms with Gasteiger partial charge in [-0.1, -0.05) is 65.4 Å². The van der Waals surface area contributed by atoms with Crippen LogP contribution in [0.3, 0.4) is 0 Å². The molecular formula is C28H19ClN4O4S2. The molecule has 1 saturated heterocycles. The number of imide groups is 1. The number of rotatable bonds is 7. The van der Waals surface area contributed by atoms with E-state index in [0.29, 0.717) is 37.8 Å². The van der Waals surface area contributed by atoms with Gasteiger partial charge in [-0.3, -0.25) is 24.1 Å². The highest BCUT2D eigenvalue weighted by Crippen LogP contribution is 2.37. The van der Waals surface area contributed by atoms with Crippen LogP contribution in [0.4, 0.5) is 5.13 Å². The zero-order valence-electron chi connectivity index (χ0n) is 20.2. The number of fused-ring (bicyclic) bond motifs is 2. The highest BCUT2D eigenvalue weighted by molar-refractivity contribution is 8.18. The molecule has 3 aromatic carbocycles. The zero-order valence-corrected chi connectivity index (χ0v) is 22.6. The lowest BCUT2D eigenvalue weighted by Gasteiger charge is -2.17. The van der Waals surface area contributed by atoms with Gasteiger partial charge >= 0.3 is 0 Å². The van der Waals surface area contributed by atoms with Gasteiger partial charge in [0, 0.05) is 11.6 Å². The molecule has 6 rings (SSSR count). The molecule has 0 spiro atoms. The van der Waals surface area contributed by atoms with Crippen LogP contribution in [0.5, 0.6) is 0 Å². The number of amides is 3. The lowest BCUT2D eigenvalue weighted by atomic mass is 10.1. The Bertz CT molecular complexity index is 1650. The molecule has 0 radical (unpaired) electrons. The van der Waals surface area contributed by atoms with Crippen molar-refractivity contribution < 1.29 is 19.2 Å². The third-order valence-electron chi connectivity index (χ3n) is 6.02. The maximum atomic E-state index is 13.4. The van der Waals surface area contributed by atoms with E-state index >= 15 is 0 Å². The van der Waals surface area contributed by atoms with Crippen molar-refractivity contribution in [2.75, 3.05) is 13.2 Å². The quantitative estimate of drug-likeness (QED) is 0.149. The molecule has 0 aliphatic carbocycles. The first kappa shape index (κ1) is 25.4. The minimum absolute atomic E-state index is 0.0601. The topological polar surface area (TPSA) is 92.2 Å². The van der Waals surface area contributed by atoms with Crippen LogP contribution < -0.4 is 0 Å². The lowest BCUT2D eigenvalue weighted by Crippen LogP contribution is -2.33. The van der Waals surface area contributed by atoms with Crippen molar-refractivity contribution >= 4 is 79.0 Å². The van der Waals surface area contributed by atoms with Crippen LogP contribution in [0, 0.1) is 0 Å². The van der Waals surface area contributed by atoms with Crippen LogP contribution in [0.25, 0.3) is 16.3 Å². The van der Waals surface area contributed by atoms with Gasteiger partial charge in [-0.15, -0.1) is 5.06 Å². The summed E-state index contributed by atoms with van der Waals surface area (Å²) in [7, 11) is 0. The first-order valence-corrected chi connectivity index (χ1v) is 14.0. The van der Waals surface area contributed by atoms with Crippen molar-refractivity contribution in [2.24, 2.45) is 4.99 Å². The van der Waals surface area contributed by atoms with Crippen molar-refractivity contribution in [2.45, 2.75) is 6.42 Å². The second-order valence-electron chi connectivity index (χ2n) is 8.62. The molecule has 3 amide bonds. The number of nitrogens with zero attached hydrogens (tertiary/aromatic N) is 4. The van der Waals surface area contributed by atoms with Gasteiger partial charge in [-0.05, 0) is 60.2 Å². The number of benzene rings is 3. The Labute approximate surface area is 236 Å². The molecule has 194 valence electrons. The molecular weight excluding hydrogens is 556 g/mol. The summed E-state index contributed by atoms with van der Waals surface area (Å²) in [6.45, 7) is 0.335. The minimum atomic E-state index is -0.491. The summed E-state index contributed by atoms with van der Waals surface area (Å²) in [6, 6.07) is 21.6. The van der Waals surface area contributed by atoms with Crippen LogP contribution in [0.15, 0.2) is 82.7 Å². The maximum Gasteiger partial charge on any atom is 0.285 e. The van der Waals surface area contributed by atoms with E-state index in [0.717, 1.165) is 20.8 Å². The van der Waals surface area contributed by atoms with E-state index in [9.17, 15) is 14.4 Å². The fraction of sp³-hybridized carbons (Fsp3) is 0.107. The van der Waals surface area contributed by atoms with E-state index in [1.54, 1.807) is 35.2 Å². The number of aliphatic imine (C=N–C) groups is 1. The molecule has 39 heavy (non-hydrogen) atoms. The summed E-state index contributed by atoms with van der Waals surface area (Å²) < 4.78 is 0.900. The number of carbonyl (C=O) groups is 3. The summed E-state index contributed by atoms with van der Waals surface area (Å²) >= 11 is 8.78. The molecule has 0 atom stereocenters. The number of carbonyl (C=O) groups excluding carboxylic acids is 3. The summed E-state index contributed by atoms with van der Waals surface area (Å²) in [6.07, 6.45) is 2.20. The van der Waals surface area contributed by atoms with Crippen molar-refractivity contribution in [3.8, 4) is 0 Å². The van der Waals surface area contributed by atoms with E-state index in [4.69, 9.17) is 21.4 Å². The number of aromatic nitrogens is 1. The average Bonchev–Trinajstić information content (AvgIpc) is 3.55. The molecule has 3 heterocycles. The Balaban J connectivity index is 1.20. The van der Waals surface area contributed by atoms with E-state index in [1.165, 1.54) is 23.1 Å². The van der Waals surface area contributed by atoms with Gasteiger partial charge in [0.1, 0.15) is 0 Å². The number of thiazole rings is 1. The number of thioether (sulfide) groups is 1. The van der Waals surface area contributed by atoms with Crippen LogP contribution in [-0.4, -0.2) is 51.0 Å². The molecule has 0 unspecified atom stereocenters. The molecule has 8 nitrogen and oxygen atoms in total. The SMILES string of the molecule is O=C1c2ccccc2C(=O)N1OCCCN1C(=O)/C(=C/c2ccccc2)S/C1=N/c1nc2ccc(Cl)cc2s1. The zero-order chi connectivity index (χ0) is 26.9. The standard InChI is InChI=1S/C28H19ClN4O4S2/c29-18-11-12-21-22(16-18)38-27(30-21)31-28-32(26(36)23(39-28)15-17-7-2-1-3-8-17)13-6-14-37-33-24(34)19-9-4-5-10-20(19)25(33)35/h1-5,7-12,15-16H,6,13-14H2/b23-15-,31-28+. The fourth-order valence-electron chi connectivity index (χ4n) is 4.17. The molecule has 1 aromatic heterocycles. The van der Waals surface area contributed by atoms with Gasteiger partial charge in [0.25, 0.3) is 17.7 Å². The lowest BCUT2D eigenvalue weighted by molar-refractivity contribution is -0.123. The molecule has 0 N–H and O–H groups in total. The Morgan fingerprint density at radius 2 is 1.64 bits per heavy atom.